The SMILES string of the molecule is O=Cc1cc2ccccc2c(I)c1I. The zero-order valence-electron chi connectivity index (χ0n) is 7.13. The van der Waals surface area contributed by atoms with Crippen LogP contribution in [0.15, 0.2) is 30.3 Å². The molecule has 0 fully saturated rings. The summed E-state index contributed by atoms with van der Waals surface area (Å²) < 4.78 is 2.19. The van der Waals surface area contributed by atoms with Crippen LogP contribution in [0.5, 0.6) is 0 Å². The van der Waals surface area contributed by atoms with Crippen molar-refractivity contribution in [1.82, 2.24) is 0 Å². The molecule has 0 radical (unpaired) electrons. The van der Waals surface area contributed by atoms with Gasteiger partial charge in [-0.3, -0.25) is 4.79 Å². The molecular weight excluding hydrogens is 402 g/mol. The van der Waals surface area contributed by atoms with Crippen molar-refractivity contribution < 1.29 is 4.79 Å². The predicted octanol–water partition coefficient (Wildman–Crippen LogP) is 3.86. The maximum Gasteiger partial charge on any atom is 0.151 e. The lowest BCUT2D eigenvalue weighted by molar-refractivity contribution is 0.112. The Hall–Kier alpha value is -0.170. The fraction of sp³-hybridized carbons (Fsp3) is 0. The second kappa shape index (κ2) is 4.14. The van der Waals surface area contributed by atoms with Gasteiger partial charge in [0.05, 0.1) is 0 Å². The Morgan fingerprint density at radius 1 is 1.07 bits per heavy atom. The van der Waals surface area contributed by atoms with Crippen LogP contribution in [0.3, 0.4) is 0 Å². The number of rotatable bonds is 1. The van der Waals surface area contributed by atoms with Gasteiger partial charge in [0.2, 0.25) is 0 Å². The molecule has 2 rings (SSSR count). The highest BCUT2D eigenvalue weighted by atomic mass is 127. The third kappa shape index (κ3) is 1.67. The Bertz CT molecular complexity index is 506. The quantitative estimate of drug-likeness (QED) is 0.518. The fourth-order valence-electron chi connectivity index (χ4n) is 1.38. The van der Waals surface area contributed by atoms with Gasteiger partial charge in [0, 0.05) is 12.7 Å². The zero-order chi connectivity index (χ0) is 10.1. The van der Waals surface area contributed by atoms with Crippen molar-refractivity contribution in [2.24, 2.45) is 0 Å². The molecule has 0 amide bonds. The largest absolute Gasteiger partial charge is 0.298 e. The minimum atomic E-state index is 0.772. The summed E-state index contributed by atoms with van der Waals surface area (Å²) in [5.74, 6) is 0. The van der Waals surface area contributed by atoms with Crippen molar-refractivity contribution in [2.45, 2.75) is 0 Å². The van der Waals surface area contributed by atoms with Gasteiger partial charge in [-0.1, -0.05) is 24.3 Å². The lowest BCUT2D eigenvalue weighted by Gasteiger charge is -2.05. The summed E-state index contributed by atoms with van der Waals surface area (Å²) in [6, 6.07) is 10.0. The van der Waals surface area contributed by atoms with Crippen LogP contribution in [0.1, 0.15) is 10.4 Å². The summed E-state index contributed by atoms with van der Waals surface area (Å²) in [5, 5.41) is 2.34. The lowest BCUT2D eigenvalue weighted by atomic mass is 10.1. The molecule has 0 N–H and O–H groups in total. The summed E-state index contributed by atoms with van der Waals surface area (Å²) in [7, 11) is 0. The highest BCUT2D eigenvalue weighted by Crippen LogP contribution is 2.27. The molecule has 0 aliphatic heterocycles. The molecule has 0 aliphatic rings. The van der Waals surface area contributed by atoms with Crippen molar-refractivity contribution in [3.8, 4) is 0 Å². The van der Waals surface area contributed by atoms with Crippen molar-refractivity contribution >= 4 is 62.2 Å². The van der Waals surface area contributed by atoms with E-state index in [1.54, 1.807) is 0 Å². The smallest absolute Gasteiger partial charge is 0.151 e. The number of carbonyl (C=O) groups is 1. The van der Waals surface area contributed by atoms with Gasteiger partial charge in [-0.2, -0.15) is 0 Å². The van der Waals surface area contributed by atoms with Gasteiger partial charge < -0.3 is 0 Å². The van der Waals surface area contributed by atoms with Crippen LogP contribution in [0.4, 0.5) is 0 Å². The van der Waals surface area contributed by atoms with E-state index in [9.17, 15) is 4.79 Å². The van der Waals surface area contributed by atoms with Crippen molar-refractivity contribution in [1.29, 1.82) is 0 Å². The van der Waals surface area contributed by atoms with Crippen molar-refractivity contribution in [3.63, 3.8) is 0 Å². The second-order valence-electron chi connectivity index (χ2n) is 2.93. The number of carbonyl (C=O) groups excluding carboxylic acids is 1. The minimum Gasteiger partial charge on any atom is -0.298 e. The molecule has 0 bridgehead atoms. The standard InChI is InChI=1S/C11H6I2O/c12-10-8(6-14)5-7-3-1-2-4-9(7)11(10)13/h1-6H. The molecular formula is C11H6I2O. The molecule has 0 heterocycles. The first-order valence-corrected chi connectivity index (χ1v) is 6.21. The molecule has 2 aromatic rings. The van der Waals surface area contributed by atoms with E-state index in [1.165, 1.54) is 5.39 Å². The van der Waals surface area contributed by atoms with Crippen LogP contribution in [0, 0.1) is 7.14 Å². The first-order valence-electron chi connectivity index (χ1n) is 4.06. The van der Waals surface area contributed by atoms with E-state index in [2.05, 4.69) is 51.2 Å². The van der Waals surface area contributed by atoms with Gasteiger partial charge in [0.15, 0.2) is 6.29 Å². The third-order valence-corrected chi connectivity index (χ3v) is 5.40. The molecule has 0 unspecified atom stereocenters. The number of hydrogen-bond donors (Lipinski definition) is 0. The predicted molar refractivity (Wildman–Crippen MR) is 74.8 cm³/mol. The summed E-state index contributed by atoms with van der Waals surface area (Å²) in [5.41, 5.74) is 0.772. The van der Waals surface area contributed by atoms with Crippen molar-refractivity contribution in [2.75, 3.05) is 0 Å². The van der Waals surface area contributed by atoms with Gasteiger partial charge in [-0.25, -0.2) is 0 Å². The Labute approximate surface area is 109 Å². The summed E-state index contributed by atoms with van der Waals surface area (Å²) in [4.78, 5) is 10.8. The topological polar surface area (TPSA) is 17.1 Å². The van der Waals surface area contributed by atoms with Crippen LogP contribution in [-0.2, 0) is 0 Å². The third-order valence-electron chi connectivity index (χ3n) is 2.08. The van der Waals surface area contributed by atoms with Crippen molar-refractivity contribution in [3.05, 3.63) is 43.0 Å². The van der Waals surface area contributed by atoms with E-state index in [1.807, 2.05) is 24.3 Å². The molecule has 0 spiro atoms. The monoisotopic (exact) mass is 408 g/mol. The molecule has 0 saturated carbocycles. The maximum absolute atomic E-state index is 10.8. The minimum absolute atomic E-state index is 0.772. The number of fused-ring (bicyclic) bond motifs is 1. The maximum atomic E-state index is 10.8. The van der Waals surface area contributed by atoms with Crippen LogP contribution < -0.4 is 0 Å². The average Bonchev–Trinajstić information content (AvgIpc) is 2.23. The molecule has 0 aromatic heterocycles. The Morgan fingerprint density at radius 3 is 2.50 bits per heavy atom. The van der Waals surface area contributed by atoms with E-state index in [0.717, 1.165) is 24.4 Å². The number of aldehydes is 1. The fourth-order valence-corrected chi connectivity index (χ4v) is 2.76. The number of hydrogen-bond acceptors (Lipinski definition) is 1. The van der Waals surface area contributed by atoms with Crippen LogP contribution in [0.25, 0.3) is 10.8 Å². The summed E-state index contributed by atoms with van der Waals surface area (Å²) >= 11 is 4.50. The second-order valence-corrected chi connectivity index (χ2v) is 5.09. The van der Waals surface area contributed by atoms with Gasteiger partial charge in [-0.05, 0) is 62.0 Å². The van der Waals surface area contributed by atoms with E-state index in [-0.39, 0.29) is 0 Å². The highest BCUT2D eigenvalue weighted by Gasteiger charge is 2.07. The van der Waals surface area contributed by atoms with Gasteiger partial charge in [0.1, 0.15) is 0 Å². The van der Waals surface area contributed by atoms with E-state index < -0.39 is 0 Å². The molecule has 1 nitrogen and oxygen atoms in total. The first-order chi connectivity index (χ1) is 6.74. The molecule has 0 atom stereocenters. The van der Waals surface area contributed by atoms with Crippen LogP contribution in [0.2, 0.25) is 0 Å². The summed E-state index contributed by atoms with van der Waals surface area (Å²) in [6.45, 7) is 0. The number of benzene rings is 2. The Kier molecular flexibility index (Phi) is 3.06. The Balaban J connectivity index is 2.91. The van der Waals surface area contributed by atoms with E-state index in [4.69, 9.17) is 0 Å². The highest BCUT2D eigenvalue weighted by molar-refractivity contribution is 14.1. The van der Waals surface area contributed by atoms with E-state index >= 15 is 0 Å². The van der Waals surface area contributed by atoms with Crippen LogP contribution in [-0.4, -0.2) is 6.29 Å². The van der Waals surface area contributed by atoms with Gasteiger partial charge in [-0.15, -0.1) is 0 Å². The molecule has 70 valence electrons. The van der Waals surface area contributed by atoms with Crippen LogP contribution >= 0.6 is 45.2 Å². The Morgan fingerprint density at radius 2 is 1.79 bits per heavy atom. The zero-order valence-corrected chi connectivity index (χ0v) is 11.4. The lowest BCUT2D eigenvalue weighted by Crippen LogP contribution is -1.91. The van der Waals surface area contributed by atoms with Gasteiger partial charge >= 0.3 is 0 Å². The molecule has 2 aromatic carbocycles. The normalized spacial score (nSPS) is 10.4. The molecule has 14 heavy (non-hydrogen) atoms. The van der Waals surface area contributed by atoms with Gasteiger partial charge in [0.25, 0.3) is 0 Å². The number of halogens is 2. The average molecular weight is 408 g/mol. The molecule has 0 saturated heterocycles. The first kappa shape index (κ1) is 10.4. The molecule has 3 heteroatoms. The summed E-state index contributed by atoms with van der Waals surface area (Å²) in [6.07, 6.45) is 0.913. The van der Waals surface area contributed by atoms with E-state index in [0.29, 0.717) is 0 Å². The molecule has 0 aliphatic carbocycles.